The van der Waals surface area contributed by atoms with Crippen molar-refractivity contribution in [3.8, 4) is 33.9 Å². The van der Waals surface area contributed by atoms with Crippen molar-refractivity contribution in [1.82, 2.24) is 9.13 Å². The van der Waals surface area contributed by atoms with Gasteiger partial charge in [0.1, 0.15) is 0 Å². The molecule has 0 aliphatic heterocycles. The molecule has 10 aromatic rings. The average molecular weight is 877 g/mol. The van der Waals surface area contributed by atoms with Crippen molar-refractivity contribution in [1.29, 1.82) is 0 Å². The Kier molecular flexibility index (Phi) is 13.7. The first kappa shape index (κ1) is 44.5. The lowest BCUT2D eigenvalue weighted by molar-refractivity contribution is 0.516. The quantitative estimate of drug-likeness (QED) is 0.0533. The lowest BCUT2D eigenvalue weighted by Gasteiger charge is -2.19. The van der Waals surface area contributed by atoms with E-state index in [0.717, 1.165) is 6.42 Å². The smallest absolute Gasteiger partial charge is 0.0724 e. The molecule has 0 saturated carbocycles. The second-order valence-electron chi connectivity index (χ2n) is 19.4. The SMILES string of the molecule is CCCCCCCCc1ccc(-n2c(-c3c4ccccc4cc4ccccc34)cc3c2cc(-c2c4ccccc4cc4ccccc24)n3-c2ccc(C(CCC)CCCCCCC)cc2)cc1. The van der Waals surface area contributed by atoms with Crippen molar-refractivity contribution in [3.05, 3.63) is 181 Å². The van der Waals surface area contributed by atoms with E-state index in [1.165, 1.54) is 189 Å². The van der Waals surface area contributed by atoms with Crippen LogP contribution in [-0.2, 0) is 6.42 Å². The maximum absolute atomic E-state index is 2.59. The van der Waals surface area contributed by atoms with Crippen LogP contribution < -0.4 is 0 Å². The van der Waals surface area contributed by atoms with E-state index in [0.29, 0.717) is 5.92 Å². The van der Waals surface area contributed by atoms with Crippen LogP contribution in [0, 0.1) is 0 Å². The molecule has 0 N–H and O–H groups in total. The summed E-state index contributed by atoms with van der Waals surface area (Å²) in [7, 11) is 0. The van der Waals surface area contributed by atoms with Crippen LogP contribution in [0.1, 0.15) is 128 Å². The molecule has 2 nitrogen and oxygen atoms in total. The first-order valence-corrected chi connectivity index (χ1v) is 25.9. The van der Waals surface area contributed by atoms with Crippen LogP contribution in [0.15, 0.2) is 170 Å². The number of benzene rings is 8. The fourth-order valence-corrected chi connectivity index (χ4v) is 11.3. The molecule has 0 spiro atoms. The Labute approximate surface area is 399 Å². The van der Waals surface area contributed by atoms with Gasteiger partial charge in [-0.25, -0.2) is 0 Å². The number of aromatic nitrogens is 2. The second kappa shape index (κ2) is 20.6. The molecule has 0 amide bonds. The number of hydrogen-bond donors (Lipinski definition) is 0. The molecule has 1 unspecified atom stereocenters. The van der Waals surface area contributed by atoms with Crippen LogP contribution in [0.2, 0.25) is 0 Å². The van der Waals surface area contributed by atoms with Gasteiger partial charge in [-0.1, -0.05) is 213 Å². The molecule has 8 aromatic carbocycles. The van der Waals surface area contributed by atoms with Gasteiger partial charge in [-0.3, -0.25) is 0 Å². The summed E-state index contributed by atoms with van der Waals surface area (Å²) in [4.78, 5) is 0. The first-order valence-electron chi connectivity index (χ1n) is 25.9. The number of unbranched alkanes of at least 4 members (excludes halogenated alkanes) is 9. The van der Waals surface area contributed by atoms with Crippen LogP contribution in [0.3, 0.4) is 0 Å². The van der Waals surface area contributed by atoms with Gasteiger partial charge in [0, 0.05) is 22.5 Å². The molecular formula is C65H68N2. The lowest BCUT2D eigenvalue weighted by Crippen LogP contribution is -2.02. The molecule has 0 fully saturated rings. The highest BCUT2D eigenvalue weighted by atomic mass is 15.1. The van der Waals surface area contributed by atoms with Crippen molar-refractivity contribution >= 4 is 54.1 Å². The van der Waals surface area contributed by atoms with E-state index in [1.54, 1.807) is 0 Å². The minimum Gasteiger partial charge on any atom is -0.308 e. The molecule has 0 aliphatic rings. The third-order valence-electron chi connectivity index (χ3n) is 14.8. The van der Waals surface area contributed by atoms with E-state index in [4.69, 9.17) is 0 Å². The Morgan fingerprint density at radius 2 is 0.761 bits per heavy atom. The number of rotatable bonds is 20. The highest BCUT2D eigenvalue weighted by molar-refractivity contribution is 6.16. The summed E-state index contributed by atoms with van der Waals surface area (Å²) >= 11 is 0. The Bertz CT molecular complexity index is 3140. The predicted molar refractivity (Wildman–Crippen MR) is 292 cm³/mol. The summed E-state index contributed by atoms with van der Waals surface area (Å²) in [5.74, 6) is 0.586. The third-order valence-corrected chi connectivity index (χ3v) is 14.8. The number of nitrogens with zero attached hydrogens (tertiary/aromatic N) is 2. The first-order chi connectivity index (χ1) is 33.1. The maximum atomic E-state index is 2.59. The normalized spacial score (nSPS) is 12.3. The summed E-state index contributed by atoms with van der Waals surface area (Å²) in [5.41, 5.74) is 12.7. The van der Waals surface area contributed by atoms with Gasteiger partial charge >= 0.3 is 0 Å². The Morgan fingerprint density at radius 3 is 1.21 bits per heavy atom. The summed E-state index contributed by atoms with van der Waals surface area (Å²) < 4.78 is 5.17. The van der Waals surface area contributed by atoms with E-state index in [2.05, 4.69) is 200 Å². The van der Waals surface area contributed by atoms with Gasteiger partial charge in [0.15, 0.2) is 0 Å². The van der Waals surface area contributed by atoms with Crippen molar-refractivity contribution < 1.29 is 0 Å². The van der Waals surface area contributed by atoms with Gasteiger partial charge in [-0.15, -0.1) is 0 Å². The molecule has 2 heteroatoms. The highest BCUT2D eigenvalue weighted by Crippen LogP contribution is 2.46. The zero-order valence-electron chi connectivity index (χ0n) is 40.2. The minimum atomic E-state index is 0.586. The molecule has 0 aliphatic carbocycles. The molecular weight excluding hydrogens is 809 g/mol. The zero-order valence-corrected chi connectivity index (χ0v) is 40.2. The largest absolute Gasteiger partial charge is 0.308 e. The van der Waals surface area contributed by atoms with Gasteiger partial charge in [0.05, 0.1) is 22.4 Å². The zero-order chi connectivity index (χ0) is 45.5. The average Bonchev–Trinajstić information content (AvgIpc) is 3.91. The van der Waals surface area contributed by atoms with E-state index in [1.807, 2.05) is 0 Å². The van der Waals surface area contributed by atoms with Crippen molar-refractivity contribution in [2.75, 3.05) is 0 Å². The van der Waals surface area contributed by atoms with E-state index in [9.17, 15) is 0 Å². The Morgan fingerprint density at radius 1 is 0.358 bits per heavy atom. The molecule has 2 aromatic heterocycles. The third kappa shape index (κ3) is 9.08. The molecule has 0 bridgehead atoms. The number of hydrogen-bond acceptors (Lipinski definition) is 0. The predicted octanol–water partition coefficient (Wildman–Crippen LogP) is 19.5. The van der Waals surface area contributed by atoms with Gasteiger partial charge in [0.2, 0.25) is 0 Å². The molecule has 1 atom stereocenters. The van der Waals surface area contributed by atoms with Crippen LogP contribution in [0.25, 0.3) is 88.0 Å². The Hall–Kier alpha value is -6.38. The maximum Gasteiger partial charge on any atom is 0.0724 e. The second-order valence-corrected chi connectivity index (χ2v) is 19.4. The number of fused-ring (bicyclic) bond motifs is 5. The van der Waals surface area contributed by atoms with Crippen LogP contribution >= 0.6 is 0 Å². The highest BCUT2D eigenvalue weighted by Gasteiger charge is 2.25. The molecule has 0 radical (unpaired) electrons. The standard InChI is InChI=1S/C65H68N2/c1-4-7-9-11-13-14-25-47-35-39-54(40-36-47)66-60-45-63(65-58-33-22-18-29-52(58)44-53-30-19-23-34-59(53)65)67(55-41-37-49(38-42-55)48(24-6-3)26-15-12-10-8-5-2)61(60)46-62(66)64-56-31-20-16-27-50(56)43-51-28-17-21-32-57(51)64/h16-23,27-46,48H,4-15,24-26H2,1-3H3. The van der Waals surface area contributed by atoms with E-state index < -0.39 is 0 Å². The summed E-state index contributed by atoms with van der Waals surface area (Å²) in [6, 6.07) is 65.0. The van der Waals surface area contributed by atoms with Gasteiger partial charge in [-0.2, -0.15) is 0 Å². The van der Waals surface area contributed by atoms with Crippen molar-refractivity contribution in [2.24, 2.45) is 0 Å². The molecule has 2 heterocycles. The number of aryl methyl sites for hydroxylation is 1. The van der Waals surface area contributed by atoms with Crippen molar-refractivity contribution in [3.63, 3.8) is 0 Å². The van der Waals surface area contributed by atoms with Gasteiger partial charge in [-0.05, 0) is 134 Å². The summed E-state index contributed by atoms with van der Waals surface area (Å²) in [6.45, 7) is 6.96. The Balaban J connectivity index is 1.21. The molecule has 338 valence electrons. The van der Waals surface area contributed by atoms with Crippen LogP contribution in [0.4, 0.5) is 0 Å². The summed E-state index contributed by atoms with van der Waals surface area (Å²) in [6.07, 6.45) is 19.3. The monoisotopic (exact) mass is 877 g/mol. The van der Waals surface area contributed by atoms with Crippen LogP contribution in [-0.4, -0.2) is 9.13 Å². The summed E-state index contributed by atoms with van der Waals surface area (Å²) in [5, 5.41) is 10.1. The minimum absolute atomic E-state index is 0.586. The van der Waals surface area contributed by atoms with E-state index in [-0.39, 0.29) is 0 Å². The topological polar surface area (TPSA) is 9.86 Å². The fraction of sp³-hybridized carbons (Fsp3) is 0.292. The van der Waals surface area contributed by atoms with Crippen LogP contribution in [0.5, 0.6) is 0 Å². The van der Waals surface area contributed by atoms with Crippen molar-refractivity contribution in [2.45, 2.75) is 123 Å². The molecule has 67 heavy (non-hydrogen) atoms. The van der Waals surface area contributed by atoms with Gasteiger partial charge in [0.25, 0.3) is 0 Å². The van der Waals surface area contributed by atoms with Gasteiger partial charge < -0.3 is 9.13 Å². The van der Waals surface area contributed by atoms with E-state index >= 15 is 0 Å². The lowest BCUT2D eigenvalue weighted by atomic mass is 9.89. The molecule has 10 rings (SSSR count). The fourth-order valence-electron chi connectivity index (χ4n) is 11.3. The molecule has 0 saturated heterocycles.